The Balaban J connectivity index is 1.19. The van der Waals surface area contributed by atoms with Crippen molar-refractivity contribution in [1.82, 2.24) is 19.6 Å². The summed E-state index contributed by atoms with van der Waals surface area (Å²) in [4.78, 5) is 47.3. The van der Waals surface area contributed by atoms with Crippen LogP contribution in [-0.2, 0) is 27.3 Å². The molecule has 0 aromatic carbocycles. The summed E-state index contributed by atoms with van der Waals surface area (Å²) < 4.78 is 0. The van der Waals surface area contributed by atoms with Gasteiger partial charge < -0.3 is 14.7 Å². The Labute approximate surface area is 189 Å². The molecule has 3 amide bonds. The molecular formula is C23H34N4O3S. The van der Waals surface area contributed by atoms with Gasteiger partial charge in [-0.1, -0.05) is 0 Å². The van der Waals surface area contributed by atoms with Crippen molar-refractivity contribution in [2.24, 2.45) is 0 Å². The number of amides is 3. The Morgan fingerprint density at radius 1 is 0.871 bits per heavy atom. The zero-order chi connectivity index (χ0) is 21.8. The smallest absolute Gasteiger partial charge is 0.239 e. The predicted octanol–water partition coefficient (Wildman–Crippen LogP) is 1.96. The van der Waals surface area contributed by atoms with Gasteiger partial charge in [0.05, 0.1) is 6.04 Å². The van der Waals surface area contributed by atoms with Crippen molar-refractivity contribution in [3.8, 4) is 0 Å². The Hall–Kier alpha value is -1.93. The van der Waals surface area contributed by atoms with Crippen LogP contribution in [0.3, 0.4) is 0 Å². The fourth-order valence-corrected chi connectivity index (χ4v) is 5.77. The van der Waals surface area contributed by atoms with E-state index in [4.69, 9.17) is 0 Å². The van der Waals surface area contributed by atoms with E-state index < -0.39 is 0 Å². The summed E-state index contributed by atoms with van der Waals surface area (Å²) in [5, 5.41) is 2.09. The van der Waals surface area contributed by atoms with Crippen molar-refractivity contribution >= 4 is 29.1 Å². The van der Waals surface area contributed by atoms with Gasteiger partial charge in [-0.2, -0.15) is 0 Å². The van der Waals surface area contributed by atoms with E-state index in [1.807, 2.05) is 21.6 Å². The molecule has 0 aliphatic carbocycles. The van der Waals surface area contributed by atoms with Gasteiger partial charge in [0.2, 0.25) is 17.7 Å². The van der Waals surface area contributed by atoms with Gasteiger partial charge >= 0.3 is 0 Å². The van der Waals surface area contributed by atoms with Gasteiger partial charge in [0, 0.05) is 70.1 Å². The number of likely N-dealkylation sites (tertiary alicyclic amines) is 1. The van der Waals surface area contributed by atoms with Crippen molar-refractivity contribution in [2.45, 2.75) is 58.0 Å². The van der Waals surface area contributed by atoms with Crippen LogP contribution in [-0.4, -0.2) is 89.2 Å². The van der Waals surface area contributed by atoms with Gasteiger partial charge in [-0.15, -0.1) is 11.3 Å². The van der Waals surface area contributed by atoms with Crippen LogP contribution in [0.25, 0.3) is 0 Å². The molecule has 2 fully saturated rings. The summed E-state index contributed by atoms with van der Waals surface area (Å²) >= 11 is 1.76. The van der Waals surface area contributed by atoms with Crippen molar-refractivity contribution in [3.05, 3.63) is 21.9 Å². The molecule has 8 heteroatoms. The Morgan fingerprint density at radius 2 is 1.55 bits per heavy atom. The average Bonchev–Trinajstić information content (AvgIpc) is 3.30. The lowest BCUT2D eigenvalue weighted by Crippen LogP contribution is -2.56. The summed E-state index contributed by atoms with van der Waals surface area (Å²) in [7, 11) is 0. The topological polar surface area (TPSA) is 64.2 Å². The van der Waals surface area contributed by atoms with E-state index in [1.165, 1.54) is 16.9 Å². The molecule has 0 bridgehead atoms. The Bertz CT molecular complexity index is 796. The Kier molecular flexibility index (Phi) is 7.27. The second kappa shape index (κ2) is 10.1. The zero-order valence-corrected chi connectivity index (χ0v) is 19.4. The number of piperazine rings is 1. The third kappa shape index (κ3) is 5.29. The van der Waals surface area contributed by atoms with Crippen LogP contribution in [0, 0.1) is 0 Å². The second-order valence-corrected chi connectivity index (χ2v) is 9.91. The zero-order valence-electron chi connectivity index (χ0n) is 18.6. The highest BCUT2D eigenvalue weighted by Crippen LogP contribution is 2.24. The van der Waals surface area contributed by atoms with Crippen molar-refractivity contribution < 1.29 is 14.4 Å². The largest absolute Gasteiger partial charge is 0.341 e. The molecule has 2 saturated heterocycles. The highest BCUT2D eigenvalue weighted by molar-refractivity contribution is 7.10. The number of fused-ring (bicyclic) bond motifs is 1. The van der Waals surface area contributed by atoms with E-state index in [0.29, 0.717) is 32.7 Å². The molecule has 3 aliphatic rings. The molecule has 1 aromatic rings. The van der Waals surface area contributed by atoms with Crippen molar-refractivity contribution in [2.75, 3.05) is 45.8 Å². The van der Waals surface area contributed by atoms with Crippen LogP contribution in [0.2, 0.25) is 0 Å². The van der Waals surface area contributed by atoms with Crippen molar-refractivity contribution in [3.63, 3.8) is 0 Å². The second-order valence-electron chi connectivity index (χ2n) is 8.91. The first-order valence-electron chi connectivity index (χ1n) is 11.7. The Morgan fingerprint density at radius 3 is 2.26 bits per heavy atom. The first-order valence-corrected chi connectivity index (χ1v) is 12.5. The van der Waals surface area contributed by atoms with E-state index in [2.05, 4.69) is 16.3 Å². The molecule has 0 spiro atoms. The fraction of sp³-hybridized carbons (Fsp3) is 0.696. The SMILES string of the molecule is CC(C(=O)N1CCCCC1)N1CCN(C(=O)CCC(=O)N2CCc3sccc3C2)CC1. The van der Waals surface area contributed by atoms with Crippen LogP contribution in [0.15, 0.2) is 11.4 Å². The third-order valence-electron chi connectivity index (χ3n) is 6.95. The number of piperidine rings is 1. The average molecular weight is 447 g/mol. The molecule has 1 atom stereocenters. The lowest BCUT2D eigenvalue weighted by atomic mass is 10.1. The number of carbonyl (C=O) groups excluding carboxylic acids is 3. The molecule has 4 rings (SSSR count). The van der Waals surface area contributed by atoms with Crippen LogP contribution in [0.4, 0.5) is 0 Å². The van der Waals surface area contributed by atoms with Crippen LogP contribution < -0.4 is 0 Å². The van der Waals surface area contributed by atoms with Gasteiger partial charge in [-0.25, -0.2) is 0 Å². The molecule has 31 heavy (non-hydrogen) atoms. The number of nitrogens with zero attached hydrogens (tertiary/aromatic N) is 4. The fourth-order valence-electron chi connectivity index (χ4n) is 4.88. The van der Waals surface area contributed by atoms with Crippen LogP contribution >= 0.6 is 11.3 Å². The molecule has 1 aromatic heterocycles. The van der Waals surface area contributed by atoms with Crippen LogP contribution in [0.1, 0.15) is 49.5 Å². The number of thiophene rings is 1. The summed E-state index contributed by atoms with van der Waals surface area (Å²) in [6, 6.07) is 1.97. The highest BCUT2D eigenvalue weighted by Gasteiger charge is 2.31. The van der Waals surface area contributed by atoms with E-state index in [9.17, 15) is 14.4 Å². The van der Waals surface area contributed by atoms with Gasteiger partial charge in [0.25, 0.3) is 0 Å². The molecule has 0 radical (unpaired) electrons. The standard InChI is InChI=1S/C23H34N4O3S/c1-18(23(30)26-9-3-2-4-10-26)24-12-14-25(15-13-24)21(28)5-6-22(29)27-11-7-20-19(17-27)8-16-31-20/h8,16,18H,2-7,9-15,17H2,1H3. The third-order valence-corrected chi connectivity index (χ3v) is 7.98. The molecule has 3 aliphatic heterocycles. The van der Waals surface area contributed by atoms with Gasteiger partial charge in [0.15, 0.2) is 0 Å². The summed E-state index contributed by atoms with van der Waals surface area (Å²) in [5.74, 6) is 0.348. The van der Waals surface area contributed by atoms with E-state index in [-0.39, 0.29) is 36.6 Å². The molecule has 1 unspecified atom stereocenters. The normalized spacial score (nSPS) is 21.0. The maximum absolute atomic E-state index is 12.8. The van der Waals surface area contributed by atoms with Crippen molar-refractivity contribution in [1.29, 1.82) is 0 Å². The summed E-state index contributed by atoms with van der Waals surface area (Å²) in [6.45, 7) is 7.86. The van der Waals surface area contributed by atoms with Gasteiger partial charge in [0.1, 0.15) is 0 Å². The summed E-state index contributed by atoms with van der Waals surface area (Å²) in [5.41, 5.74) is 1.25. The van der Waals surface area contributed by atoms with Crippen LogP contribution in [0.5, 0.6) is 0 Å². The van der Waals surface area contributed by atoms with E-state index >= 15 is 0 Å². The minimum Gasteiger partial charge on any atom is -0.341 e. The molecule has 4 heterocycles. The lowest BCUT2D eigenvalue weighted by Gasteiger charge is -2.39. The van der Waals surface area contributed by atoms with E-state index in [1.54, 1.807) is 11.3 Å². The molecule has 170 valence electrons. The minimum atomic E-state index is -0.127. The highest BCUT2D eigenvalue weighted by atomic mass is 32.1. The number of hydrogen-bond donors (Lipinski definition) is 0. The molecule has 0 saturated carbocycles. The quantitative estimate of drug-likeness (QED) is 0.694. The lowest BCUT2D eigenvalue weighted by molar-refractivity contribution is -0.141. The molecule has 7 nitrogen and oxygen atoms in total. The maximum Gasteiger partial charge on any atom is 0.239 e. The van der Waals surface area contributed by atoms with Gasteiger partial charge in [-0.3, -0.25) is 19.3 Å². The minimum absolute atomic E-state index is 0.0521. The van der Waals surface area contributed by atoms with E-state index in [0.717, 1.165) is 38.9 Å². The molecular weight excluding hydrogens is 412 g/mol. The first-order chi connectivity index (χ1) is 15.0. The predicted molar refractivity (Wildman–Crippen MR) is 121 cm³/mol. The summed E-state index contributed by atoms with van der Waals surface area (Å²) in [6.07, 6.45) is 4.89. The maximum atomic E-state index is 12.8. The number of rotatable bonds is 5. The number of carbonyl (C=O) groups is 3. The first kappa shape index (κ1) is 22.3. The monoisotopic (exact) mass is 446 g/mol. The van der Waals surface area contributed by atoms with Gasteiger partial charge in [-0.05, 0) is 49.6 Å². The molecule has 0 N–H and O–H groups in total. The number of hydrogen-bond acceptors (Lipinski definition) is 5.